The lowest BCUT2D eigenvalue weighted by Gasteiger charge is -2.32. The van der Waals surface area contributed by atoms with Crippen molar-refractivity contribution in [2.24, 2.45) is 15.9 Å². The SMILES string of the molecule is C=N/C(=C\C(=N/C)c1ccc(OC(F)(F)F)c(Cl)c1)N1CCC(C(=O)NCCO)CC1. The van der Waals surface area contributed by atoms with Crippen molar-refractivity contribution in [3.8, 4) is 5.75 Å². The Morgan fingerprint density at radius 3 is 2.61 bits per heavy atom. The van der Waals surface area contributed by atoms with E-state index in [1.54, 1.807) is 6.08 Å². The van der Waals surface area contributed by atoms with Crippen molar-refractivity contribution in [2.45, 2.75) is 19.2 Å². The lowest BCUT2D eigenvalue weighted by atomic mass is 9.96. The lowest BCUT2D eigenvalue weighted by Crippen LogP contribution is -2.40. The molecule has 1 aromatic carbocycles. The maximum atomic E-state index is 12.4. The first-order valence-electron chi connectivity index (χ1n) is 9.53. The van der Waals surface area contributed by atoms with Crippen molar-refractivity contribution in [1.82, 2.24) is 10.2 Å². The van der Waals surface area contributed by atoms with E-state index in [4.69, 9.17) is 16.7 Å². The molecule has 1 aliphatic rings. The number of amides is 1. The number of aliphatic imine (C=N–C) groups is 2. The number of aliphatic hydroxyl groups is 1. The number of carbonyl (C=O) groups is 1. The molecule has 0 atom stereocenters. The molecule has 170 valence electrons. The highest BCUT2D eigenvalue weighted by atomic mass is 35.5. The predicted molar refractivity (Wildman–Crippen MR) is 113 cm³/mol. The molecule has 0 unspecified atom stereocenters. The molecule has 1 saturated heterocycles. The number of benzene rings is 1. The van der Waals surface area contributed by atoms with Crippen LogP contribution >= 0.6 is 11.6 Å². The average Bonchev–Trinajstić information content (AvgIpc) is 2.74. The summed E-state index contributed by atoms with van der Waals surface area (Å²) in [5, 5.41) is 11.3. The summed E-state index contributed by atoms with van der Waals surface area (Å²) in [4.78, 5) is 22.2. The van der Waals surface area contributed by atoms with Gasteiger partial charge in [0, 0.05) is 44.2 Å². The fourth-order valence-corrected chi connectivity index (χ4v) is 3.42. The highest BCUT2D eigenvalue weighted by Crippen LogP contribution is 2.31. The van der Waals surface area contributed by atoms with Crippen LogP contribution in [0.15, 0.2) is 40.1 Å². The second kappa shape index (κ2) is 11.1. The summed E-state index contributed by atoms with van der Waals surface area (Å²) in [6, 6.07) is 3.88. The number of likely N-dealkylation sites (tertiary alicyclic amines) is 1. The minimum absolute atomic E-state index is 0.0857. The molecular formula is C20H24ClF3N4O3. The first-order valence-corrected chi connectivity index (χ1v) is 9.90. The van der Waals surface area contributed by atoms with Gasteiger partial charge in [-0.05, 0) is 37.8 Å². The Morgan fingerprint density at radius 1 is 1.42 bits per heavy atom. The number of rotatable bonds is 8. The van der Waals surface area contributed by atoms with Gasteiger partial charge in [-0.15, -0.1) is 13.2 Å². The minimum atomic E-state index is -4.84. The van der Waals surface area contributed by atoms with Gasteiger partial charge in [-0.2, -0.15) is 0 Å². The van der Waals surface area contributed by atoms with Crippen LogP contribution in [0.3, 0.4) is 0 Å². The Kier molecular flexibility index (Phi) is 8.88. The molecule has 2 rings (SSSR count). The van der Waals surface area contributed by atoms with Gasteiger partial charge in [-0.25, -0.2) is 4.99 Å². The molecule has 0 spiro atoms. The molecule has 0 radical (unpaired) electrons. The third-order valence-corrected chi connectivity index (χ3v) is 5.02. The molecule has 1 aromatic rings. The van der Waals surface area contributed by atoms with E-state index < -0.39 is 12.1 Å². The average molecular weight is 461 g/mol. The number of ether oxygens (including phenoxy) is 1. The molecule has 1 amide bonds. The van der Waals surface area contributed by atoms with E-state index in [1.165, 1.54) is 19.2 Å². The van der Waals surface area contributed by atoms with Gasteiger partial charge in [-0.3, -0.25) is 9.79 Å². The van der Waals surface area contributed by atoms with E-state index in [9.17, 15) is 18.0 Å². The standard InChI is InChI=1S/C20H24ClF3N4O3/c1-25-16(14-3-4-17(15(21)11-14)31-20(22,23)24)12-18(26-2)28-8-5-13(6-9-28)19(30)27-7-10-29/h3-4,11-13,29H,2,5-10H2,1H3,(H,27,30)/b18-12+,25-16+. The van der Waals surface area contributed by atoms with Crippen LogP contribution in [-0.4, -0.2) is 68.0 Å². The number of hydrogen-bond donors (Lipinski definition) is 2. The number of carbonyl (C=O) groups excluding carboxylic acids is 1. The predicted octanol–water partition coefficient (Wildman–Crippen LogP) is 3.02. The van der Waals surface area contributed by atoms with Gasteiger partial charge in [0.15, 0.2) is 0 Å². The van der Waals surface area contributed by atoms with Gasteiger partial charge < -0.3 is 20.1 Å². The minimum Gasteiger partial charge on any atom is -0.404 e. The van der Waals surface area contributed by atoms with E-state index in [1.807, 2.05) is 4.90 Å². The lowest BCUT2D eigenvalue weighted by molar-refractivity contribution is -0.274. The summed E-state index contributed by atoms with van der Waals surface area (Å²) >= 11 is 5.94. The fourth-order valence-electron chi connectivity index (χ4n) is 3.20. The molecule has 1 aliphatic heterocycles. The first-order chi connectivity index (χ1) is 14.7. The quantitative estimate of drug-likeness (QED) is 0.584. The zero-order valence-electron chi connectivity index (χ0n) is 17.0. The van der Waals surface area contributed by atoms with Crippen LogP contribution in [0.25, 0.3) is 0 Å². The summed E-state index contributed by atoms with van der Waals surface area (Å²) < 4.78 is 41.2. The second-order valence-corrected chi connectivity index (χ2v) is 7.15. The summed E-state index contributed by atoms with van der Waals surface area (Å²) in [5.41, 5.74) is 0.937. The number of piperidine rings is 1. The normalized spacial score (nSPS) is 16.3. The van der Waals surface area contributed by atoms with E-state index in [0.717, 1.165) is 6.07 Å². The zero-order chi connectivity index (χ0) is 23.0. The van der Waals surface area contributed by atoms with Crippen molar-refractivity contribution in [1.29, 1.82) is 0 Å². The molecule has 31 heavy (non-hydrogen) atoms. The van der Waals surface area contributed by atoms with Crippen LogP contribution in [0.2, 0.25) is 5.02 Å². The van der Waals surface area contributed by atoms with Crippen molar-refractivity contribution < 1.29 is 27.8 Å². The van der Waals surface area contributed by atoms with Crippen molar-refractivity contribution in [3.05, 3.63) is 40.7 Å². The Balaban J connectivity index is 2.12. The highest BCUT2D eigenvalue weighted by Gasteiger charge is 2.32. The van der Waals surface area contributed by atoms with Crippen LogP contribution in [0.1, 0.15) is 18.4 Å². The molecule has 0 saturated carbocycles. The van der Waals surface area contributed by atoms with E-state index in [-0.39, 0.29) is 30.0 Å². The number of nitrogens with zero attached hydrogens (tertiary/aromatic N) is 3. The molecule has 1 heterocycles. The molecule has 2 N–H and O–H groups in total. The smallest absolute Gasteiger partial charge is 0.404 e. The number of hydrogen-bond acceptors (Lipinski definition) is 6. The number of aliphatic hydroxyl groups excluding tert-OH is 1. The second-order valence-electron chi connectivity index (χ2n) is 6.74. The molecule has 0 aliphatic carbocycles. The summed E-state index contributed by atoms with van der Waals surface area (Å²) in [7, 11) is 1.54. The van der Waals surface area contributed by atoms with Gasteiger partial charge in [0.2, 0.25) is 5.91 Å². The van der Waals surface area contributed by atoms with Crippen LogP contribution in [0.4, 0.5) is 13.2 Å². The Hall–Kier alpha value is -2.59. The molecular weight excluding hydrogens is 437 g/mol. The molecule has 7 nitrogen and oxygen atoms in total. The van der Waals surface area contributed by atoms with Gasteiger partial charge in [0.25, 0.3) is 0 Å². The summed E-state index contributed by atoms with van der Waals surface area (Å²) in [6.07, 6.45) is -1.96. The Morgan fingerprint density at radius 2 is 2.10 bits per heavy atom. The van der Waals surface area contributed by atoms with Crippen molar-refractivity contribution in [3.63, 3.8) is 0 Å². The van der Waals surface area contributed by atoms with Gasteiger partial charge in [0.05, 0.1) is 17.3 Å². The van der Waals surface area contributed by atoms with Crippen molar-refractivity contribution >= 4 is 29.9 Å². The summed E-state index contributed by atoms with van der Waals surface area (Å²) in [6.45, 7) is 4.85. The third-order valence-electron chi connectivity index (χ3n) is 4.72. The Bertz CT molecular complexity index is 851. The van der Waals surface area contributed by atoms with Gasteiger partial charge in [-0.1, -0.05) is 11.6 Å². The van der Waals surface area contributed by atoms with Gasteiger partial charge in [0.1, 0.15) is 11.6 Å². The fraction of sp³-hybridized carbons (Fsp3) is 0.450. The largest absolute Gasteiger partial charge is 0.573 e. The maximum Gasteiger partial charge on any atom is 0.573 e. The number of allylic oxidation sites excluding steroid dienone is 1. The van der Waals surface area contributed by atoms with E-state index in [2.05, 4.69) is 26.8 Å². The van der Waals surface area contributed by atoms with Crippen LogP contribution in [0.5, 0.6) is 5.75 Å². The highest BCUT2D eigenvalue weighted by molar-refractivity contribution is 6.32. The van der Waals surface area contributed by atoms with E-state index in [0.29, 0.717) is 43.0 Å². The van der Waals surface area contributed by atoms with Crippen molar-refractivity contribution in [2.75, 3.05) is 33.3 Å². The number of nitrogens with one attached hydrogen (secondary N) is 1. The van der Waals surface area contributed by atoms with Crippen LogP contribution < -0.4 is 10.1 Å². The number of halogens is 4. The van der Waals surface area contributed by atoms with Gasteiger partial charge >= 0.3 is 6.36 Å². The summed E-state index contributed by atoms with van der Waals surface area (Å²) in [5.74, 6) is -0.201. The molecule has 11 heteroatoms. The number of alkyl halides is 3. The maximum absolute atomic E-state index is 12.4. The van der Waals surface area contributed by atoms with Crippen LogP contribution in [0, 0.1) is 5.92 Å². The third kappa shape index (κ3) is 7.25. The van der Waals surface area contributed by atoms with E-state index >= 15 is 0 Å². The molecule has 0 bridgehead atoms. The topological polar surface area (TPSA) is 86.5 Å². The van der Waals surface area contributed by atoms with Crippen LogP contribution in [-0.2, 0) is 4.79 Å². The Labute approximate surface area is 183 Å². The molecule has 0 aromatic heterocycles. The first kappa shape index (κ1) is 24.7. The monoisotopic (exact) mass is 460 g/mol. The zero-order valence-corrected chi connectivity index (χ0v) is 17.7. The molecule has 1 fully saturated rings.